The van der Waals surface area contributed by atoms with Gasteiger partial charge in [-0.25, -0.2) is 9.59 Å². The second-order valence-electron chi connectivity index (χ2n) is 5.41. The number of nitrogens with two attached hydrogens (primary N) is 1. The van der Waals surface area contributed by atoms with Crippen molar-refractivity contribution in [1.29, 1.82) is 0 Å². The van der Waals surface area contributed by atoms with Gasteiger partial charge in [0.15, 0.2) is 6.10 Å². The maximum Gasteiger partial charge on any atom is 0.405 e. The predicted molar refractivity (Wildman–Crippen MR) is 78.8 cm³/mol. The Labute approximate surface area is 124 Å². The fourth-order valence-electron chi connectivity index (χ4n) is 1.37. The highest BCUT2D eigenvalue weighted by Crippen LogP contribution is 2.05. The molecular formula is C15H23NO5. The summed E-state index contributed by atoms with van der Waals surface area (Å²) in [5, 5.41) is 17.4. The van der Waals surface area contributed by atoms with Crippen molar-refractivity contribution in [3.8, 4) is 0 Å². The third-order valence-corrected chi connectivity index (χ3v) is 2.24. The lowest BCUT2D eigenvalue weighted by atomic mass is 10.1. The van der Waals surface area contributed by atoms with Crippen LogP contribution < -0.4 is 5.73 Å². The molecule has 1 aromatic rings. The Kier molecular flexibility index (Phi) is 8.08. The van der Waals surface area contributed by atoms with Gasteiger partial charge < -0.3 is 20.7 Å². The van der Waals surface area contributed by atoms with Crippen LogP contribution in [0.15, 0.2) is 30.3 Å². The molecule has 0 radical (unpaired) electrons. The second-order valence-corrected chi connectivity index (χ2v) is 5.41. The molecule has 0 aliphatic heterocycles. The lowest BCUT2D eigenvalue weighted by molar-refractivity contribution is -0.146. The summed E-state index contributed by atoms with van der Waals surface area (Å²) in [5.41, 5.74) is 5.31. The molecule has 1 atom stereocenters. The van der Waals surface area contributed by atoms with Crippen LogP contribution in [0.1, 0.15) is 32.8 Å². The van der Waals surface area contributed by atoms with Crippen LogP contribution in [0.3, 0.4) is 0 Å². The highest BCUT2D eigenvalue weighted by molar-refractivity contribution is 5.71. The lowest BCUT2D eigenvalue weighted by Crippen LogP contribution is -2.27. The number of carboxylic acid groups (broad SMARTS) is 1. The van der Waals surface area contributed by atoms with Gasteiger partial charge in [-0.15, -0.1) is 0 Å². The molecular weight excluding hydrogens is 274 g/mol. The summed E-state index contributed by atoms with van der Waals surface area (Å²) in [6.07, 6.45) is -1.12. The number of carbonyl (C=O) groups excluding carboxylic acids is 1. The second kappa shape index (κ2) is 8.97. The van der Waals surface area contributed by atoms with Gasteiger partial charge in [0.05, 0.1) is 0 Å². The van der Waals surface area contributed by atoms with E-state index in [4.69, 9.17) is 15.9 Å². The topological polar surface area (TPSA) is 110 Å². The number of hydrogen-bond acceptors (Lipinski definition) is 4. The van der Waals surface area contributed by atoms with Crippen LogP contribution in [0.4, 0.5) is 4.79 Å². The first-order valence-corrected chi connectivity index (χ1v) is 6.55. The van der Waals surface area contributed by atoms with Gasteiger partial charge in [0.25, 0.3) is 0 Å². The van der Waals surface area contributed by atoms with E-state index in [1.807, 2.05) is 30.3 Å². The molecule has 6 nitrogen and oxygen atoms in total. The molecule has 0 unspecified atom stereocenters. The van der Waals surface area contributed by atoms with Crippen LogP contribution in [0.2, 0.25) is 0 Å². The van der Waals surface area contributed by atoms with E-state index >= 15 is 0 Å². The molecule has 118 valence electrons. The van der Waals surface area contributed by atoms with Crippen LogP contribution in [-0.2, 0) is 16.0 Å². The SMILES string of the molecule is CC(C)(C)OC(N)=O.O=C(O)[C@@H](O)CCc1ccccc1. The summed E-state index contributed by atoms with van der Waals surface area (Å²) in [4.78, 5) is 20.3. The van der Waals surface area contributed by atoms with Crippen molar-refractivity contribution in [3.05, 3.63) is 35.9 Å². The standard InChI is InChI=1S/C10H12O3.C5H11NO2/c11-9(10(12)13)7-6-8-4-2-1-3-5-8;1-5(2,3)8-4(6)7/h1-5,9,11H,6-7H2,(H,12,13);1-3H3,(H2,6,7)/t9-;/m0./s1. The molecule has 0 fully saturated rings. The Bertz CT molecular complexity index is 439. The van der Waals surface area contributed by atoms with E-state index in [0.29, 0.717) is 6.42 Å². The average molecular weight is 297 g/mol. The Balaban J connectivity index is 0.000000433. The minimum absolute atomic E-state index is 0.263. The molecule has 21 heavy (non-hydrogen) atoms. The largest absolute Gasteiger partial charge is 0.479 e. The van der Waals surface area contributed by atoms with Gasteiger partial charge in [-0.2, -0.15) is 0 Å². The number of ether oxygens (including phenoxy) is 1. The molecule has 0 aromatic heterocycles. The molecule has 1 aromatic carbocycles. The average Bonchev–Trinajstić information content (AvgIpc) is 2.34. The first-order chi connectivity index (χ1) is 9.61. The Morgan fingerprint density at radius 3 is 2.10 bits per heavy atom. The molecule has 4 N–H and O–H groups in total. The van der Waals surface area contributed by atoms with Gasteiger partial charge in [-0.05, 0) is 39.2 Å². The van der Waals surface area contributed by atoms with Crippen molar-refractivity contribution >= 4 is 12.1 Å². The quantitative estimate of drug-likeness (QED) is 0.786. The fourth-order valence-corrected chi connectivity index (χ4v) is 1.37. The monoisotopic (exact) mass is 297 g/mol. The number of hydrogen-bond donors (Lipinski definition) is 3. The number of primary amides is 1. The third-order valence-electron chi connectivity index (χ3n) is 2.24. The van der Waals surface area contributed by atoms with E-state index in [0.717, 1.165) is 5.56 Å². The molecule has 0 aliphatic carbocycles. The molecule has 0 saturated carbocycles. The zero-order valence-corrected chi connectivity index (χ0v) is 12.6. The number of aliphatic hydroxyl groups excluding tert-OH is 1. The van der Waals surface area contributed by atoms with Crippen molar-refractivity contribution in [2.24, 2.45) is 5.73 Å². The molecule has 1 amide bonds. The molecule has 0 heterocycles. The normalized spacial score (nSPS) is 11.8. The molecule has 6 heteroatoms. The first-order valence-electron chi connectivity index (χ1n) is 6.55. The van der Waals surface area contributed by atoms with Crippen molar-refractivity contribution < 1.29 is 24.5 Å². The number of carbonyl (C=O) groups is 2. The molecule has 0 bridgehead atoms. The number of aliphatic hydroxyl groups is 1. The van der Waals surface area contributed by atoms with Crippen molar-refractivity contribution in [2.75, 3.05) is 0 Å². The number of benzene rings is 1. The predicted octanol–water partition coefficient (Wildman–Crippen LogP) is 1.94. The number of aryl methyl sites for hydroxylation is 1. The zero-order valence-electron chi connectivity index (χ0n) is 12.6. The van der Waals surface area contributed by atoms with Crippen LogP contribution in [0.25, 0.3) is 0 Å². The van der Waals surface area contributed by atoms with Crippen molar-refractivity contribution in [1.82, 2.24) is 0 Å². The van der Waals surface area contributed by atoms with E-state index < -0.39 is 23.8 Å². The number of rotatable bonds is 4. The van der Waals surface area contributed by atoms with Crippen molar-refractivity contribution in [2.45, 2.75) is 45.3 Å². The van der Waals surface area contributed by atoms with Crippen LogP contribution in [0, 0.1) is 0 Å². The van der Waals surface area contributed by atoms with Gasteiger partial charge in [0.2, 0.25) is 0 Å². The van der Waals surface area contributed by atoms with Gasteiger partial charge in [-0.3, -0.25) is 0 Å². The third kappa shape index (κ3) is 11.4. The lowest BCUT2D eigenvalue weighted by Gasteiger charge is -2.16. The molecule has 0 aliphatic rings. The summed E-state index contributed by atoms with van der Waals surface area (Å²) in [6, 6.07) is 9.51. The van der Waals surface area contributed by atoms with Crippen LogP contribution in [0.5, 0.6) is 0 Å². The summed E-state index contributed by atoms with van der Waals surface area (Å²) >= 11 is 0. The Morgan fingerprint density at radius 1 is 1.24 bits per heavy atom. The van der Waals surface area contributed by atoms with E-state index in [2.05, 4.69) is 4.74 Å². The zero-order chi connectivity index (χ0) is 16.5. The maximum absolute atomic E-state index is 10.3. The first kappa shape index (κ1) is 18.9. The highest BCUT2D eigenvalue weighted by atomic mass is 16.6. The number of amides is 1. The Hall–Kier alpha value is -2.08. The highest BCUT2D eigenvalue weighted by Gasteiger charge is 2.12. The fraction of sp³-hybridized carbons (Fsp3) is 0.467. The van der Waals surface area contributed by atoms with E-state index in [-0.39, 0.29) is 6.42 Å². The van der Waals surface area contributed by atoms with E-state index in [9.17, 15) is 9.59 Å². The summed E-state index contributed by atoms with van der Waals surface area (Å²) in [5.74, 6) is -1.16. The summed E-state index contributed by atoms with van der Waals surface area (Å²) < 4.78 is 4.58. The minimum atomic E-state index is -1.25. The number of carboxylic acids is 1. The molecule has 0 saturated heterocycles. The number of aliphatic carboxylic acids is 1. The van der Waals surface area contributed by atoms with E-state index in [1.54, 1.807) is 20.8 Å². The molecule has 1 rings (SSSR count). The van der Waals surface area contributed by atoms with Gasteiger partial charge in [-0.1, -0.05) is 30.3 Å². The van der Waals surface area contributed by atoms with Crippen molar-refractivity contribution in [3.63, 3.8) is 0 Å². The van der Waals surface area contributed by atoms with Gasteiger partial charge in [0, 0.05) is 0 Å². The van der Waals surface area contributed by atoms with Gasteiger partial charge >= 0.3 is 12.1 Å². The van der Waals surface area contributed by atoms with Crippen LogP contribution in [-0.4, -0.2) is 34.0 Å². The summed E-state index contributed by atoms with van der Waals surface area (Å²) in [7, 11) is 0. The smallest absolute Gasteiger partial charge is 0.405 e. The maximum atomic E-state index is 10.3. The molecule has 0 spiro atoms. The van der Waals surface area contributed by atoms with Crippen LogP contribution >= 0.6 is 0 Å². The minimum Gasteiger partial charge on any atom is -0.479 e. The van der Waals surface area contributed by atoms with E-state index in [1.165, 1.54) is 0 Å². The summed E-state index contributed by atoms with van der Waals surface area (Å²) in [6.45, 7) is 5.28. The van der Waals surface area contributed by atoms with Gasteiger partial charge in [0.1, 0.15) is 5.60 Å². The Morgan fingerprint density at radius 2 is 1.76 bits per heavy atom.